The minimum atomic E-state index is 0. The van der Waals surface area contributed by atoms with Gasteiger partial charge in [0.25, 0.3) is 0 Å². The second-order valence-electron chi connectivity index (χ2n) is 11.4. The molecule has 0 atom stereocenters. The minimum absolute atomic E-state index is 0. The summed E-state index contributed by atoms with van der Waals surface area (Å²) in [5, 5.41) is 8.95. The topological polar surface area (TPSA) is 92.8 Å². The van der Waals surface area contributed by atoms with E-state index in [0.717, 1.165) is 57.2 Å². The fraction of sp³-hybridized carbons (Fsp3) is 0.256. The standard InChI is InChI=1S/C15H14NO2.2C12H15N3.Os/c1-3-9-18-14-7-8-16-15(11-14)12-5-4-6-13(10-12)17-2;2*1-8-5-6-13-12(7-8)15-11(4)9(2)10(3)14-15;/h3-4,6-8,10-11H,1,9H2,2H3;2*5-7H,1-4H3;/q-1;;;+1. The quantitative estimate of drug-likeness (QED) is 0.119. The molecule has 0 spiro atoms. The van der Waals surface area contributed by atoms with Crippen molar-refractivity contribution in [2.75, 3.05) is 13.7 Å². The molecule has 0 unspecified atom stereocenters. The maximum Gasteiger partial charge on any atom is 1.00 e. The van der Waals surface area contributed by atoms with Crippen LogP contribution in [-0.4, -0.2) is 48.2 Å². The first-order valence-electron chi connectivity index (χ1n) is 15.7. The van der Waals surface area contributed by atoms with Gasteiger partial charge in [-0.25, -0.2) is 19.3 Å². The third-order valence-corrected chi connectivity index (χ3v) is 7.93. The van der Waals surface area contributed by atoms with Crippen molar-refractivity contribution in [3.63, 3.8) is 0 Å². The van der Waals surface area contributed by atoms with E-state index in [2.05, 4.69) is 79.3 Å². The van der Waals surface area contributed by atoms with Gasteiger partial charge in [0.2, 0.25) is 0 Å². The van der Waals surface area contributed by atoms with E-state index in [4.69, 9.17) is 9.47 Å². The molecule has 5 heterocycles. The molecule has 0 saturated carbocycles. The Morgan fingerprint density at radius 2 is 1.22 bits per heavy atom. The van der Waals surface area contributed by atoms with Gasteiger partial charge in [-0.1, -0.05) is 12.7 Å². The van der Waals surface area contributed by atoms with E-state index >= 15 is 0 Å². The van der Waals surface area contributed by atoms with Crippen LogP contribution in [-0.2, 0) is 19.8 Å². The Kier molecular flexibility index (Phi) is 14.1. The molecule has 6 rings (SSSR count). The number of methoxy groups -OCH3 is 1. The van der Waals surface area contributed by atoms with Crippen molar-refractivity contribution in [1.29, 1.82) is 0 Å². The van der Waals surface area contributed by atoms with Crippen molar-refractivity contribution in [3.05, 3.63) is 137 Å². The number of benzene rings is 1. The van der Waals surface area contributed by atoms with Crippen molar-refractivity contribution >= 4 is 0 Å². The minimum Gasteiger partial charge on any atom is -0.516 e. The molecule has 5 aromatic heterocycles. The first-order valence-corrected chi connectivity index (χ1v) is 15.7. The Bertz CT molecular complexity index is 1900. The van der Waals surface area contributed by atoms with E-state index in [9.17, 15) is 0 Å². The molecule has 0 amide bonds. The smallest absolute Gasteiger partial charge is 0.516 e. The molecule has 6 aromatic rings. The van der Waals surface area contributed by atoms with E-state index < -0.39 is 0 Å². The fourth-order valence-corrected chi connectivity index (χ4v) is 4.68. The molecule has 1 radical (unpaired) electrons. The van der Waals surface area contributed by atoms with Crippen molar-refractivity contribution in [2.45, 2.75) is 55.4 Å². The summed E-state index contributed by atoms with van der Waals surface area (Å²) in [6, 6.07) is 20.4. The van der Waals surface area contributed by atoms with Gasteiger partial charge in [0.05, 0.1) is 18.5 Å². The van der Waals surface area contributed by atoms with E-state index in [0.29, 0.717) is 6.61 Å². The molecule has 255 valence electrons. The maximum atomic E-state index is 5.47. The van der Waals surface area contributed by atoms with Gasteiger partial charge in [-0.15, -0.1) is 29.8 Å². The van der Waals surface area contributed by atoms with Crippen LogP contribution in [0.1, 0.15) is 45.0 Å². The van der Waals surface area contributed by atoms with Crippen LogP contribution in [0.25, 0.3) is 22.9 Å². The summed E-state index contributed by atoms with van der Waals surface area (Å²) in [4.78, 5) is 13.0. The van der Waals surface area contributed by atoms with E-state index in [1.807, 2.05) is 90.2 Å². The van der Waals surface area contributed by atoms with Gasteiger partial charge in [-0.3, -0.25) is 0 Å². The second-order valence-corrected chi connectivity index (χ2v) is 11.4. The van der Waals surface area contributed by atoms with Crippen LogP contribution in [0.4, 0.5) is 0 Å². The number of nitrogens with zero attached hydrogens (tertiary/aromatic N) is 7. The second kappa shape index (κ2) is 18.0. The van der Waals surface area contributed by atoms with Crippen LogP contribution in [0.3, 0.4) is 0 Å². The monoisotopic (exact) mass is 834 g/mol. The Hall–Kier alpha value is -4.93. The number of aryl methyl sites for hydroxylation is 4. The zero-order chi connectivity index (χ0) is 34.8. The third-order valence-electron chi connectivity index (χ3n) is 7.93. The van der Waals surface area contributed by atoms with Crippen molar-refractivity contribution < 1.29 is 29.3 Å². The first-order chi connectivity index (χ1) is 23.0. The molecule has 10 heteroatoms. The van der Waals surface area contributed by atoms with Gasteiger partial charge in [-0.2, -0.15) is 10.2 Å². The predicted octanol–water partition coefficient (Wildman–Crippen LogP) is 8.12. The first kappa shape index (κ1) is 38.5. The van der Waals surface area contributed by atoms with Gasteiger partial charge >= 0.3 is 19.8 Å². The number of aromatic nitrogens is 7. The summed E-state index contributed by atoms with van der Waals surface area (Å²) in [6.45, 7) is 20.6. The van der Waals surface area contributed by atoms with Crippen molar-refractivity contribution in [2.24, 2.45) is 0 Å². The molecule has 0 aliphatic carbocycles. The molecule has 0 aliphatic heterocycles. The Morgan fingerprint density at radius 3 is 1.67 bits per heavy atom. The summed E-state index contributed by atoms with van der Waals surface area (Å²) in [5.41, 5.74) is 11.0. The van der Waals surface area contributed by atoms with Crippen LogP contribution < -0.4 is 9.47 Å². The molecular weight excluding hydrogens is 789 g/mol. The Balaban J connectivity index is 0.000000198. The maximum absolute atomic E-state index is 5.47. The SMILES string of the molecule is C=CCOc1ccnc(-c2[c-]ccc(OC)c2)c1.Cc1ccnc(-n2nc(C)c(C)c2C)c1.Cc1ccnc(-n2nc(C)c(C)c2C)c1.[Os+]. The van der Waals surface area contributed by atoms with E-state index in [1.165, 1.54) is 22.3 Å². The molecule has 0 aliphatic rings. The normalized spacial score (nSPS) is 10.1. The molecule has 0 fully saturated rings. The predicted molar refractivity (Wildman–Crippen MR) is 191 cm³/mol. The largest absolute Gasteiger partial charge is 1.00 e. The molecule has 1 aromatic carbocycles. The zero-order valence-corrected chi connectivity index (χ0v) is 32.3. The molecule has 9 nitrogen and oxygen atoms in total. The van der Waals surface area contributed by atoms with Crippen LogP contribution >= 0.6 is 0 Å². The molecule has 49 heavy (non-hydrogen) atoms. The van der Waals surface area contributed by atoms with Gasteiger partial charge in [0, 0.05) is 35.7 Å². The number of hydrogen-bond acceptors (Lipinski definition) is 7. The van der Waals surface area contributed by atoms with Crippen molar-refractivity contribution in [1.82, 2.24) is 34.5 Å². The van der Waals surface area contributed by atoms with Crippen molar-refractivity contribution in [3.8, 4) is 34.4 Å². The summed E-state index contributed by atoms with van der Waals surface area (Å²) in [7, 11) is 1.64. The Morgan fingerprint density at radius 1 is 0.694 bits per heavy atom. The van der Waals surface area contributed by atoms with E-state index in [-0.39, 0.29) is 19.8 Å². The summed E-state index contributed by atoms with van der Waals surface area (Å²) < 4.78 is 14.5. The van der Waals surface area contributed by atoms with Gasteiger partial charge in [0.1, 0.15) is 12.4 Å². The van der Waals surface area contributed by atoms with Gasteiger partial charge < -0.3 is 14.5 Å². The van der Waals surface area contributed by atoms with Crippen LogP contribution in [0.5, 0.6) is 11.5 Å². The number of pyridine rings is 3. The molecule has 0 bridgehead atoms. The van der Waals surface area contributed by atoms with Gasteiger partial charge in [0.15, 0.2) is 11.6 Å². The fourth-order valence-electron chi connectivity index (χ4n) is 4.68. The zero-order valence-electron chi connectivity index (χ0n) is 29.7. The Labute approximate surface area is 303 Å². The molecular formula is C39H44N7O2Os. The van der Waals surface area contributed by atoms with Crippen LogP contribution in [0.2, 0.25) is 0 Å². The average Bonchev–Trinajstić information content (AvgIpc) is 3.51. The van der Waals surface area contributed by atoms with Crippen LogP contribution in [0.15, 0.2) is 85.8 Å². The third kappa shape index (κ3) is 10.0. The van der Waals surface area contributed by atoms with Gasteiger partial charge in [-0.05, 0) is 120 Å². The molecule has 0 N–H and O–H groups in total. The summed E-state index contributed by atoms with van der Waals surface area (Å²) in [5.74, 6) is 3.33. The average molecular weight is 833 g/mol. The van der Waals surface area contributed by atoms with E-state index in [1.54, 1.807) is 19.4 Å². The number of ether oxygens (including phenoxy) is 2. The number of hydrogen-bond donors (Lipinski definition) is 0. The summed E-state index contributed by atoms with van der Waals surface area (Å²) >= 11 is 0. The van der Waals surface area contributed by atoms with Crippen LogP contribution in [0, 0.1) is 61.5 Å². The molecule has 0 saturated heterocycles. The summed E-state index contributed by atoms with van der Waals surface area (Å²) in [6.07, 6.45) is 7.05. The number of rotatable bonds is 7.